The highest BCUT2D eigenvalue weighted by Gasteiger charge is 2.30. The molecule has 1 fully saturated rings. The molecule has 32 heavy (non-hydrogen) atoms. The third-order valence-corrected chi connectivity index (χ3v) is 5.04. The number of ether oxygens (including phenoxy) is 2. The highest BCUT2D eigenvalue weighted by atomic mass is 19.4. The van der Waals surface area contributed by atoms with Crippen molar-refractivity contribution < 1.29 is 27.4 Å². The lowest BCUT2D eigenvalue weighted by molar-refractivity contribution is -0.137. The molecule has 0 bridgehead atoms. The number of amides is 2. The summed E-state index contributed by atoms with van der Waals surface area (Å²) in [6.45, 7) is 1.43. The lowest BCUT2D eigenvalue weighted by Gasteiger charge is -2.26. The number of benzene rings is 2. The van der Waals surface area contributed by atoms with E-state index >= 15 is 0 Å². The standard InChI is InChI=1S/C24H25F3N2O3/c1-31-22-12-3-2-9-19(22)16-29(17-21-11-6-14-32-21)23(30)28-13-5-8-18-7-4-10-20(15-18)24(25,26)27/h2-4,7,9-10,12,15,21H,6,11,13-14,16-17H2,1H3,(H,28,30). The molecule has 0 aliphatic carbocycles. The lowest BCUT2D eigenvalue weighted by atomic mass is 10.1. The van der Waals surface area contributed by atoms with Gasteiger partial charge in [0.25, 0.3) is 0 Å². The van der Waals surface area contributed by atoms with Crippen molar-refractivity contribution >= 4 is 6.03 Å². The Bertz CT molecular complexity index is 976. The van der Waals surface area contributed by atoms with Crippen molar-refractivity contribution in [2.75, 3.05) is 26.8 Å². The summed E-state index contributed by atoms with van der Waals surface area (Å²) < 4.78 is 49.5. The molecule has 1 heterocycles. The van der Waals surface area contributed by atoms with Crippen LogP contribution in [-0.2, 0) is 17.5 Å². The summed E-state index contributed by atoms with van der Waals surface area (Å²) >= 11 is 0. The zero-order valence-electron chi connectivity index (χ0n) is 17.7. The van der Waals surface area contributed by atoms with Gasteiger partial charge in [0.2, 0.25) is 0 Å². The molecule has 2 aromatic carbocycles. The molecule has 0 radical (unpaired) electrons. The van der Waals surface area contributed by atoms with Gasteiger partial charge in [-0.25, -0.2) is 4.79 Å². The average Bonchev–Trinajstić information content (AvgIpc) is 3.29. The minimum atomic E-state index is -4.42. The van der Waals surface area contributed by atoms with Crippen LogP contribution in [0.5, 0.6) is 5.75 Å². The number of hydrogen-bond donors (Lipinski definition) is 1. The highest BCUT2D eigenvalue weighted by molar-refractivity contribution is 5.74. The molecule has 1 atom stereocenters. The van der Waals surface area contributed by atoms with Gasteiger partial charge in [-0.2, -0.15) is 13.2 Å². The molecule has 3 rings (SSSR count). The molecule has 170 valence electrons. The van der Waals surface area contributed by atoms with Crippen LogP contribution < -0.4 is 10.1 Å². The van der Waals surface area contributed by atoms with Crippen LogP contribution in [0.4, 0.5) is 18.0 Å². The Hall–Kier alpha value is -3.18. The summed E-state index contributed by atoms with van der Waals surface area (Å²) in [5, 5.41) is 2.72. The van der Waals surface area contributed by atoms with E-state index in [1.165, 1.54) is 12.1 Å². The van der Waals surface area contributed by atoms with Crippen molar-refractivity contribution in [3.63, 3.8) is 0 Å². The minimum absolute atomic E-state index is 0.00300. The summed E-state index contributed by atoms with van der Waals surface area (Å²) in [6, 6.07) is 11.9. The van der Waals surface area contributed by atoms with E-state index in [1.54, 1.807) is 12.0 Å². The van der Waals surface area contributed by atoms with Crippen molar-refractivity contribution in [3.8, 4) is 17.6 Å². The summed E-state index contributed by atoms with van der Waals surface area (Å²) in [6.07, 6.45) is -2.62. The average molecular weight is 446 g/mol. The smallest absolute Gasteiger partial charge is 0.416 e. The van der Waals surface area contributed by atoms with Crippen LogP contribution in [0, 0.1) is 11.8 Å². The Kier molecular flexibility index (Phi) is 8.01. The first-order valence-electron chi connectivity index (χ1n) is 10.3. The number of methoxy groups -OCH3 is 1. The second kappa shape index (κ2) is 10.9. The van der Waals surface area contributed by atoms with Crippen molar-refractivity contribution in [1.29, 1.82) is 0 Å². The first-order chi connectivity index (χ1) is 15.4. The Morgan fingerprint density at radius 2 is 2.06 bits per heavy atom. The minimum Gasteiger partial charge on any atom is -0.496 e. The number of alkyl halides is 3. The molecule has 1 N–H and O–H groups in total. The van der Waals surface area contributed by atoms with Crippen LogP contribution >= 0.6 is 0 Å². The molecule has 1 unspecified atom stereocenters. The SMILES string of the molecule is COc1ccccc1CN(CC1CCCO1)C(=O)NCC#Cc1cccc(C(F)(F)F)c1. The molecule has 5 nitrogen and oxygen atoms in total. The number of urea groups is 1. The molecule has 2 aromatic rings. The number of halogens is 3. The van der Waals surface area contributed by atoms with Crippen LogP contribution in [0.2, 0.25) is 0 Å². The maximum Gasteiger partial charge on any atom is 0.416 e. The van der Waals surface area contributed by atoms with Crippen LogP contribution in [0.25, 0.3) is 0 Å². The molecule has 0 saturated carbocycles. The normalized spacial score (nSPS) is 15.6. The fraction of sp³-hybridized carbons (Fsp3) is 0.375. The lowest BCUT2D eigenvalue weighted by Crippen LogP contribution is -2.43. The van der Waals surface area contributed by atoms with E-state index < -0.39 is 11.7 Å². The van der Waals surface area contributed by atoms with Gasteiger partial charge in [0.15, 0.2) is 0 Å². The van der Waals surface area contributed by atoms with E-state index in [4.69, 9.17) is 9.47 Å². The molecule has 1 aliphatic heterocycles. The van der Waals surface area contributed by atoms with Gasteiger partial charge >= 0.3 is 12.2 Å². The molecular weight excluding hydrogens is 421 g/mol. The topological polar surface area (TPSA) is 50.8 Å². The van der Waals surface area contributed by atoms with Crippen molar-refractivity contribution in [2.45, 2.75) is 31.7 Å². The summed E-state index contributed by atoms with van der Waals surface area (Å²) in [5.41, 5.74) is 0.338. The van der Waals surface area contributed by atoms with Gasteiger partial charge in [0.05, 0.1) is 31.9 Å². The van der Waals surface area contributed by atoms with E-state index in [0.29, 0.717) is 25.4 Å². The van der Waals surface area contributed by atoms with E-state index in [2.05, 4.69) is 17.2 Å². The second-order valence-corrected chi connectivity index (χ2v) is 7.37. The number of carbonyl (C=O) groups is 1. The predicted molar refractivity (Wildman–Crippen MR) is 114 cm³/mol. The maximum absolute atomic E-state index is 12.8. The van der Waals surface area contributed by atoms with Crippen LogP contribution in [0.15, 0.2) is 48.5 Å². The third kappa shape index (κ3) is 6.66. The summed E-state index contributed by atoms with van der Waals surface area (Å²) in [5.74, 6) is 6.06. The first kappa shape index (κ1) is 23.5. The van der Waals surface area contributed by atoms with Gasteiger partial charge in [-0.3, -0.25) is 0 Å². The van der Waals surface area contributed by atoms with Gasteiger partial charge in [-0.15, -0.1) is 0 Å². The first-order valence-corrected chi connectivity index (χ1v) is 10.3. The van der Waals surface area contributed by atoms with Crippen molar-refractivity contribution in [1.82, 2.24) is 10.2 Å². The van der Waals surface area contributed by atoms with E-state index in [1.807, 2.05) is 24.3 Å². The molecule has 8 heteroatoms. The second-order valence-electron chi connectivity index (χ2n) is 7.37. The quantitative estimate of drug-likeness (QED) is 0.667. The summed E-state index contributed by atoms with van der Waals surface area (Å²) in [4.78, 5) is 14.5. The third-order valence-electron chi connectivity index (χ3n) is 5.04. The fourth-order valence-corrected chi connectivity index (χ4v) is 3.44. The number of carbonyl (C=O) groups excluding carboxylic acids is 1. The van der Waals surface area contributed by atoms with Crippen molar-refractivity contribution in [3.05, 3.63) is 65.2 Å². The van der Waals surface area contributed by atoms with E-state index in [9.17, 15) is 18.0 Å². The Labute approximate surface area is 185 Å². The zero-order chi connectivity index (χ0) is 23.0. The molecule has 1 saturated heterocycles. The van der Waals surface area contributed by atoms with E-state index in [-0.39, 0.29) is 24.2 Å². The van der Waals surface area contributed by atoms with Gasteiger partial charge in [-0.05, 0) is 37.1 Å². The van der Waals surface area contributed by atoms with Gasteiger partial charge < -0.3 is 19.7 Å². The number of hydrogen-bond acceptors (Lipinski definition) is 3. The van der Waals surface area contributed by atoms with Gasteiger partial charge in [0.1, 0.15) is 5.75 Å². The molecule has 1 aliphatic rings. The monoisotopic (exact) mass is 446 g/mol. The number of rotatable bonds is 6. The molecule has 0 aromatic heterocycles. The Balaban J connectivity index is 1.64. The number of nitrogens with one attached hydrogen (secondary N) is 1. The Morgan fingerprint density at radius 1 is 1.25 bits per heavy atom. The highest BCUT2D eigenvalue weighted by Crippen LogP contribution is 2.29. The largest absolute Gasteiger partial charge is 0.496 e. The van der Waals surface area contributed by atoms with Crippen molar-refractivity contribution in [2.24, 2.45) is 0 Å². The maximum atomic E-state index is 12.8. The molecular formula is C24H25F3N2O3. The summed E-state index contributed by atoms with van der Waals surface area (Å²) in [7, 11) is 1.58. The van der Waals surface area contributed by atoms with Gasteiger partial charge in [0, 0.05) is 24.3 Å². The predicted octanol–water partition coefficient (Wildman–Crippen LogP) is 4.46. The zero-order valence-corrected chi connectivity index (χ0v) is 17.7. The molecule has 2 amide bonds. The van der Waals surface area contributed by atoms with Gasteiger partial charge in [-0.1, -0.05) is 36.1 Å². The van der Waals surface area contributed by atoms with Crippen LogP contribution in [0.3, 0.4) is 0 Å². The Morgan fingerprint density at radius 3 is 2.78 bits per heavy atom. The number of nitrogens with zero attached hydrogens (tertiary/aromatic N) is 1. The molecule has 0 spiro atoms. The number of para-hydroxylation sites is 1. The van der Waals surface area contributed by atoms with E-state index in [0.717, 1.165) is 30.5 Å². The van der Waals surface area contributed by atoms with Crippen LogP contribution in [0.1, 0.15) is 29.5 Å². The fourth-order valence-electron chi connectivity index (χ4n) is 3.44. The van der Waals surface area contributed by atoms with Crippen LogP contribution in [-0.4, -0.2) is 43.8 Å².